The smallest absolute Gasteiger partial charge is 0.418 e. The minimum atomic E-state index is -6.00. The molecule has 0 atom stereocenters. The van der Waals surface area contributed by atoms with Gasteiger partial charge in [-0.1, -0.05) is 0 Å². The van der Waals surface area contributed by atoms with E-state index in [1.165, 1.54) is 0 Å². The van der Waals surface area contributed by atoms with Crippen molar-refractivity contribution in [3.05, 3.63) is 0 Å². The molecule has 0 unspecified atom stereocenters. The van der Waals surface area contributed by atoms with Crippen molar-refractivity contribution in [2.24, 2.45) is 0 Å². The Kier molecular flexibility index (Phi) is 7.32. The van der Waals surface area contributed by atoms with Gasteiger partial charge in [-0.05, 0) is 0 Å². The zero-order valence-electron chi connectivity index (χ0n) is 5.50. The number of halogens is 4. The summed E-state index contributed by atoms with van der Waals surface area (Å²) >= 11 is -0.357. The van der Waals surface area contributed by atoms with Crippen molar-refractivity contribution in [3.63, 3.8) is 0 Å². The second-order valence-electron chi connectivity index (χ2n) is 1.72. The Labute approximate surface area is 59.4 Å². The van der Waals surface area contributed by atoms with Crippen molar-refractivity contribution in [1.82, 2.24) is 0 Å². The maximum Gasteiger partial charge on any atom is 0.673 e. The van der Waals surface area contributed by atoms with Gasteiger partial charge in [0.1, 0.15) is 0 Å². The van der Waals surface area contributed by atoms with E-state index in [1.807, 2.05) is 0 Å². The van der Waals surface area contributed by atoms with E-state index < -0.39 is 7.25 Å². The van der Waals surface area contributed by atoms with Crippen LogP contribution >= 0.6 is 0 Å². The maximum atomic E-state index is 9.75. The van der Waals surface area contributed by atoms with Crippen LogP contribution in [-0.2, 0) is 0 Å². The van der Waals surface area contributed by atoms with Crippen molar-refractivity contribution < 1.29 is 17.3 Å². The Bertz CT molecular complexity index is 52.6. The fourth-order valence-corrected chi connectivity index (χ4v) is 0. The minimum absolute atomic E-state index is 0.357. The van der Waals surface area contributed by atoms with Gasteiger partial charge in [0.15, 0.2) is 0 Å². The van der Waals surface area contributed by atoms with Gasteiger partial charge in [-0.2, -0.15) is 0 Å². The average Bonchev–Trinajstić information content (AvgIpc) is 1.19. The van der Waals surface area contributed by atoms with Crippen molar-refractivity contribution in [2.75, 3.05) is 0 Å². The summed E-state index contributed by atoms with van der Waals surface area (Å²) in [6, 6.07) is 0. The van der Waals surface area contributed by atoms with Crippen LogP contribution < -0.4 is 0 Å². The first-order valence-corrected chi connectivity index (χ1v) is 9.09. The number of hydrogen-bond acceptors (Lipinski definition) is 0. The van der Waals surface area contributed by atoms with Crippen LogP contribution in [0.15, 0.2) is 0 Å². The molecule has 0 bridgehead atoms. The molecule has 58 valence electrons. The summed E-state index contributed by atoms with van der Waals surface area (Å²) in [7, 11) is -6.00. The summed E-state index contributed by atoms with van der Waals surface area (Å²) in [5, 5.41) is 0. The van der Waals surface area contributed by atoms with Crippen LogP contribution in [0.3, 0.4) is 0 Å². The predicted octanol–water partition coefficient (Wildman–Crippen LogP) is 2.67. The fraction of sp³-hybridized carbons (Fsp3) is 1.00. The molecule has 0 aliphatic heterocycles. The third-order valence-electron chi connectivity index (χ3n) is 0. The van der Waals surface area contributed by atoms with E-state index in [9.17, 15) is 17.3 Å². The molecular weight excluding hydrogens is 250 g/mol. The Morgan fingerprint density at radius 3 is 0.889 bits per heavy atom. The van der Waals surface area contributed by atoms with Crippen LogP contribution in [-0.4, -0.2) is 26.8 Å². The quantitative estimate of drug-likeness (QED) is 0.463. The third-order valence-corrected chi connectivity index (χ3v) is 0. The normalized spacial score (nSPS) is 10.7. The topological polar surface area (TPSA) is 0 Å². The van der Waals surface area contributed by atoms with Gasteiger partial charge in [-0.25, -0.2) is 0 Å². The van der Waals surface area contributed by atoms with Gasteiger partial charge < -0.3 is 17.3 Å². The first kappa shape index (κ1) is 12.3. The molecule has 0 aromatic heterocycles. The Morgan fingerprint density at radius 1 is 0.889 bits per heavy atom. The molecular formula is C3H9BF4Te. The number of hydrogen-bond donors (Lipinski definition) is 0. The second-order valence-corrected chi connectivity index (χ2v) is 8.71. The summed E-state index contributed by atoms with van der Waals surface area (Å²) in [4.78, 5) is 7.01. The van der Waals surface area contributed by atoms with Gasteiger partial charge in [0.25, 0.3) is 0 Å². The Hall–Kier alpha value is 0.575. The Balaban J connectivity index is 0. The molecule has 6 heteroatoms. The van der Waals surface area contributed by atoms with Gasteiger partial charge in [-0.15, -0.1) is 0 Å². The fourth-order valence-electron chi connectivity index (χ4n) is 0. The molecule has 0 radical (unpaired) electrons. The molecule has 0 spiro atoms. The molecule has 0 fully saturated rings. The standard InChI is InChI=1S/C3H9Te.BF4/c1-4(2)3;2-1(3,4)5/h1-3H3;/q+1;-1. The maximum absolute atomic E-state index is 9.75. The molecule has 0 aliphatic rings. The van der Waals surface area contributed by atoms with E-state index in [1.54, 1.807) is 0 Å². The average molecular weight is 260 g/mol. The van der Waals surface area contributed by atoms with Crippen LogP contribution in [0, 0.1) is 0 Å². The van der Waals surface area contributed by atoms with Gasteiger partial charge in [-0.3, -0.25) is 0 Å². The molecule has 0 aliphatic carbocycles. The third kappa shape index (κ3) is 1120. The molecule has 0 rings (SSSR count). The van der Waals surface area contributed by atoms with Crippen molar-refractivity contribution >= 4 is 26.8 Å². The Morgan fingerprint density at radius 2 is 0.889 bits per heavy atom. The van der Waals surface area contributed by atoms with Crippen LogP contribution in [0.4, 0.5) is 17.3 Å². The van der Waals surface area contributed by atoms with E-state index in [4.69, 9.17) is 0 Å². The molecule has 0 amide bonds. The van der Waals surface area contributed by atoms with Crippen LogP contribution in [0.1, 0.15) is 0 Å². The predicted molar refractivity (Wildman–Crippen MR) is 33.5 cm³/mol. The van der Waals surface area contributed by atoms with E-state index >= 15 is 0 Å². The summed E-state index contributed by atoms with van der Waals surface area (Å²) < 4.78 is 39.0. The van der Waals surface area contributed by atoms with E-state index in [0.717, 1.165) is 0 Å². The minimum Gasteiger partial charge on any atom is -0.418 e. The monoisotopic (exact) mass is 262 g/mol. The van der Waals surface area contributed by atoms with E-state index in [-0.39, 0.29) is 19.6 Å². The summed E-state index contributed by atoms with van der Waals surface area (Å²) in [5.74, 6) is 0. The summed E-state index contributed by atoms with van der Waals surface area (Å²) in [6.07, 6.45) is 0. The molecule has 0 aromatic rings. The molecule has 9 heavy (non-hydrogen) atoms. The van der Waals surface area contributed by atoms with E-state index in [0.29, 0.717) is 0 Å². The molecule has 0 aromatic carbocycles. The van der Waals surface area contributed by atoms with Crippen LogP contribution in [0.25, 0.3) is 0 Å². The zero-order valence-corrected chi connectivity index (χ0v) is 7.83. The molecule has 0 nitrogen and oxygen atoms in total. The molecule has 0 saturated heterocycles. The SMILES string of the molecule is C[Te+](C)C.F[B-](F)(F)F. The second kappa shape index (κ2) is 5.37. The zero-order chi connectivity index (χ0) is 8.08. The van der Waals surface area contributed by atoms with Crippen LogP contribution in [0.5, 0.6) is 0 Å². The first-order chi connectivity index (χ1) is 3.73. The largest absolute Gasteiger partial charge is 0.673 e. The molecule has 0 saturated carbocycles. The van der Waals surface area contributed by atoms with Crippen molar-refractivity contribution in [2.45, 2.75) is 14.9 Å². The van der Waals surface area contributed by atoms with Gasteiger partial charge >= 0.3 is 41.7 Å². The van der Waals surface area contributed by atoms with Gasteiger partial charge in [0.05, 0.1) is 0 Å². The van der Waals surface area contributed by atoms with Crippen molar-refractivity contribution in [3.8, 4) is 0 Å². The van der Waals surface area contributed by atoms with Crippen LogP contribution in [0.2, 0.25) is 14.9 Å². The van der Waals surface area contributed by atoms with Crippen molar-refractivity contribution in [1.29, 1.82) is 0 Å². The van der Waals surface area contributed by atoms with Gasteiger partial charge in [0.2, 0.25) is 0 Å². The summed E-state index contributed by atoms with van der Waals surface area (Å²) in [6.45, 7) is 0. The molecule has 0 N–H and O–H groups in total. The number of rotatable bonds is 0. The first-order valence-electron chi connectivity index (χ1n) is 2.10. The molecule has 0 heterocycles. The van der Waals surface area contributed by atoms with Gasteiger partial charge in [0, 0.05) is 0 Å². The summed E-state index contributed by atoms with van der Waals surface area (Å²) in [5.41, 5.74) is 0. The van der Waals surface area contributed by atoms with E-state index in [2.05, 4.69) is 14.9 Å².